The number of rotatable bonds is 4. The predicted octanol–water partition coefficient (Wildman–Crippen LogP) is 4.27. The van der Waals surface area contributed by atoms with E-state index in [9.17, 15) is 4.79 Å². The highest BCUT2D eigenvalue weighted by atomic mass is 32.2. The number of urea groups is 1. The van der Waals surface area contributed by atoms with Crippen LogP contribution < -0.4 is 5.32 Å². The van der Waals surface area contributed by atoms with Crippen molar-refractivity contribution in [2.45, 2.75) is 23.7 Å². The van der Waals surface area contributed by atoms with Crippen molar-refractivity contribution in [1.82, 2.24) is 20.0 Å². The van der Waals surface area contributed by atoms with Crippen molar-refractivity contribution < 1.29 is 9.32 Å². The normalized spacial score (nSPS) is 14.8. The van der Waals surface area contributed by atoms with E-state index >= 15 is 0 Å². The zero-order chi connectivity index (χ0) is 19.3. The minimum absolute atomic E-state index is 0.0710. The summed E-state index contributed by atoms with van der Waals surface area (Å²) >= 11 is 1.68. The van der Waals surface area contributed by atoms with Gasteiger partial charge >= 0.3 is 6.03 Å². The van der Waals surface area contributed by atoms with Crippen LogP contribution in [0.25, 0.3) is 11.4 Å². The molecule has 0 radical (unpaired) electrons. The number of hydrogen-bond donors (Lipinski definition) is 1. The first-order chi connectivity index (χ1) is 13.7. The van der Waals surface area contributed by atoms with Crippen LogP contribution in [0.4, 0.5) is 10.5 Å². The number of hydrogen-bond acceptors (Lipinski definition) is 6. The summed E-state index contributed by atoms with van der Waals surface area (Å²) in [6.45, 7) is 1.32. The Labute approximate surface area is 167 Å². The lowest BCUT2D eigenvalue weighted by molar-refractivity contribution is 0.187. The quantitative estimate of drug-likeness (QED) is 0.664. The first kappa shape index (κ1) is 18.5. The van der Waals surface area contributed by atoms with Gasteiger partial charge in [-0.05, 0) is 55.5 Å². The van der Waals surface area contributed by atoms with Gasteiger partial charge in [0, 0.05) is 47.5 Å². The average molecular weight is 395 g/mol. The first-order valence-corrected chi connectivity index (χ1v) is 10.4. The van der Waals surface area contributed by atoms with Crippen molar-refractivity contribution >= 4 is 23.5 Å². The van der Waals surface area contributed by atoms with E-state index in [2.05, 4.69) is 20.4 Å². The molecule has 0 spiro atoms. The maximum Gasteiger partial charge on any atom is 0.321 e. The number of piperidine rings is 1. The molecule has 1 aromatic carbocycles. The summed E-state index contributed by atoms with van der Waals surface area (Å²) in [4.78, 5) is 24.0. The first-order valence-electron chi connectivity index (χ1n) is 9.17. The van der Waals surface area contributed by atoms with E-state index in [4.69, 9.17) is 4.52 Å². The zero-order valence-electron chi connectivity index (χ0n) is 15.5. The predicted molar refractivity (Wildman–Crippen MR) is 108 cm³/mol. The zero-order valence-corrected chi connectivity index (χ0v) is 16.4. The van der Waals surface area contributed by atoms with Gasteiger partial charge in [-0.1, -0.05) is 5.16 Å². The molecule has 1 fully saturated rings. The third-order valence-electron chi connectivity index (χ3n) is 4.85. The second-order valence-electron chi connectivity index (χ2n) is 6.61. The molecule has 2 aromatic heterocycles. The molecule has 7 nitrogen and oxygen atoms in total. The molecule has 0 aliphatic carbocycles. The van der Waals surface area contributed by atoms with Gasteiger partial charge in [0.15, 0.2) is 0 Å². The van der Waals surface area contributed by atoms with Crippen molar-refractivity contribution in [1.29, 1.82) is 0 Å². The Bertz CT molecular complexity index is 921. The Morgan fingerprint density at radius 3 is 2.54 bits per heavy atom. The van der Waals surface area contributed by atoms with Gasteiger partial charge < -0.3 is 14.7 Å². The molecule has 1 aliphatic heterocycles. The van der Waals surface area contributed by atoms with Crippen LogP contribution in [-0.4, -0.2) is 45.4 Å². The molecule has 0 bridgehead atoms. The summed E-state index contributed by atoms with van der Waals surface area (Å²) in [5, 5.41) is 7.04. The van der Waals surface area contributed by atoms with E-state index in [0.717, 1.165) is 24.1 Å². The van der Waals surface area contributed by atoms with Crippen LogP contribution >= 0.6 is 11.8 Å². The second kappa shape index (κ2) is 8.43. The maximum atomic E-state index is 12.5. The molecule has 1 saturated heterocycles. The molecule has 2 amide bonds. The van der Waals surface area contributed by atoms with Gasteiger partial charge in [0.1, 0.15) is 0 Å². The van der Waals surface area contributed by atoms with Crippen LogP contribution in [0, 0.1) is 0 Å². The molecule has 8 heteroatoms. The molecule has 3 aromatic rings. The van der Waals surface area contributed by atoms with E-state index < -0.39 is 0 Å². The van der Waals surface area contributed by atoms with Crippen molar-refractivity contribution in [3.05, 3.63) is 54.7 Å². The van der Waals surface area contributed by atoms with Crippen molar-refractivity contribution in [3.8, 4) is 11.4 Å². The summed E-state index contributed by atoms with van der Waals surface area (Å²) in [6.07, 6.45) is 7.04. The van der Waals surface area contributed by atoms with E-state index in [1.165, 1.54) is 4.90 Å². The fraction of sp³-hybridized carbons (Fsp3) is 0.300. The lowest BCUT2D eigenvalue weighted by Crippen LogP contribution is -2.40. The van der Waals surface area contributed by atoms with Gasteiger partial charge in [0.05, 0.1) is 0 Å². The number of likely N-dealkylation sites (tertiary alicyclic amines) is 1. The van der Waals surface area contributed by atoms with Gasteiger partial charge in [-0.25, -0.2) is 4.79 Å². The number of nitrogens with zero attached hydrogens (tertiary/aromatic N) is 4. The molecule has 28 heavy (non-hydrogen) atoms. The number of benzene rings is 1. The summed E-state index contributed by atoms with van der Waals surface area (Å²) in [5.74, 6) is 1.39. The Kier molecular flexibility index (Phi) is 5.57. The molecule has 1 aliphatic rings. The average Bonchev–Trinajstić information content (AvgIpc) is 3.25. The summed E-state index contributed by atoms with van der Waals surface area (Å²) in [7, 11) is 0. The molecular weight excluding hydrogens is 374 g/mol. The van der Waals surface area contributed by atoms with Crippen molar-refractivity contribution in [2.75, 3.05) is 24.7 Å². The lowest BCUT2D eigenvalue weighted by Gasteiger charge is -2.30. The molecule has 3 heterocycles. The fourth-order valence-corrected chi connectivity index (χ4v) is 3.63. The largest absolute Gasteiger partial charge is 0.339 e. The van der Waals surface area contributed by atoms with Gasteiger partial charge in [-0.3, -0.25) is 4.98 Å². The van der Waals surface area contributed by atoms with Gasteiger partial charge in [0.25, 0.3) is 0 Å². The lowest BCUT2D eigenvalue weighted by atomic mass is 9.97. The van der Waals surface area contributed by atoms with Crippen LogP contribution in [0.1, 0.15) is 24.7 Å². The third kappa shape index (κ3) is 4.17. The fourth-order valence-electron chi connectivity index (χ4n) is 3.23. The molecule has 0 saturated carbocycles. The second-order valence-corrected chi connectivity index (χ2v) is 7.49. The van der Waals surface area contributed by atoms with E-state index in [1.807, 2.05) is 47.6 Å². The minimum Gasteiger partial charge on any atom is -0.339 e. The SMILES string of the molecule is CSc1ccc(NC(=O)N2CCC(c3nc(-c4ccncc4)no3)CC2)cc1. The number of thioether (sulfide) groups is 1. The van der Waals surface area contributed by atoms with Gasteiger partial charge in [-0.2, -0.15) is 4.98 Å². The number of carbonyl (C=O) groups is 1. The van der Waals surface area contributed by atoms with E-state index in [-0.39, 0.29) is 11.9 Å². The minimum atomic E-state index is -0.0710. The molecular formula is C20H21N5O2S. The maximum absolute atomic E-state index is 12.5. The Hall–Kier alpha value is -2.87. The number of aromatic nitrogens is 3. The van der Waals surface area contributed by atoms with Crippen LogP contribution in [0.2, 0.25) is 0 Å². The summed E-state index contributed by atoms with van der Waals surface area (Å²) < 4.78 is 5.47. The number of amides is 2. The molecule has 4 rings (SSSR count). The highest BCUT2D eigenvalue weighted by molar-refractivity contribution is 7.98. The van der Waals surface area contributed by atoms with Crippen LogP contribution in [0.3, 0.4) is 0 Å². The third-order valence-corrected chi connectivity index (χ3v) is 5.60. The number of pyridine rings is 1. The van der Waals surface area contributed by atoms with Gasteiger partial charge in [-0.15, -0.1) is 11.8 Å². The van der Waals surface area contributed by atoms with E-state index in [0.29, 0.717) is 24.8 Å². The van der Waals surface area contributed by atoms with Gasteiger partial charge in [0.2, 0.25) is 11.7 Å². The Morgan fingerprint density at radius 2 is 1.86 bits per heavy atom. The number of nitrogens with one attached hydrogen (secondary N) is 1. The highest BCUT2D eigenvalue weighted by Crippen LogP contribution is 2.28. The van der Waals surface area contributed by atoms with Crippen molar-refractivity contribution in [2.24, 2.45) is 0 Å². The van der Waals surface area contributed by atoms with Crippen molar-refractivity contribution in [3.63, 3.8) is 0 Å². The Balaban J connectivity index is 1.33. The molecule has 1 N–H and O–H groups in total. The van der Waals surface area contributed by atoms with Crippen LogP contribution in [-0.2, 0) is 0 Å². The molecule has 0 atom stereocenters. The summed E-state index contributed by atoms with van der Waals surface area (Å²) in [5.41, 5.74) is 1.69. The molecule has 144 valence electrons. The Morgan fingerprint density at radius 1 is 1.14 bits per heavy atom. The smallest absolute Gasteiger partial charge is 0.321 e. The molecule has 0 unspecified atom stereocenters. The number of anilines is 1. The standard InChI is InChI=1S/C20H21N5O2S/c1-28-17-4-2-16(3-5-17)22-20(26)25-12-8-15(9-13-25)19-23-18(24-27-19)14-6-10-21-11-7-14/h2-7,10-11,15H,8-9,12-13H2,1H3,(H,22,26). The summed E-state index contributed by atoms with van der Waals surface area (Å²) in [6, 6.07) is 11.5. The number of carbonyl (C=O) groups excluding carboxylic acids is 1. The van der Waals surface area contributed by atoms with Crippen LogP contribution in [0.5, 0.6) is 0 Å². The highest BCUT2D eigenvalue weighted by Gasteiger charge is 2.27. The van der Waals surface area contributed by atoms with Crippen LogP contribution in [0.15, 0.2) is 58.2 Å². The van der Waals surface area contributed by atoms with E-state index in [1.54, 1.807) is 24.2 Å². The topological polar surface area (TPSA) is 84.2 Å². The monoisotopic (exact) mass is 395 g/mol.